The Hall–Kier alpha value is -0.850. The molecule has 2 unspecified atom stereocenters. The zero-order chi connectivity index (χ0) is 9.26. The smallest absolute Gasteiger partial charge is 0.159 e. The molecule has 1 saturated carbocycles. The fraction of sp³-hybridized carbons (Fsp3) is 0.583. The number of carbonyl (C=O) groups is 1. The molecule has 70 valence electrons. The molecule has 2 bridgehead atoms. The van der Waals surface area contributed by atoms with Crippen molar-refractivity contribution >= 4 is 5.78 Å². The summed E-state index contributed by atoms with van der Waals surface area (Å²) < 4.78 is 0. The van der Waals surface area contributed by atoms with E-state index in [1.807, 2.05) is 13.0 Å². The predicted molar refractivity (Wildman–Crippen MR) is 53.4 cm³/mol. The van der Waals surface area contributed by atoms with E-state index in [1.165, 1.54) is 12.8 Å². The SMILES string of the molecule is CC1=C/C(=O)C2CCCC(/C=C\1)C2. The first-order valence-corrected chi connectivity index (χ1v) is 5.16. The Balaban J connectivity index is 2.25. The van der Waals surface area contributed by atoms with Crippen molar-refractivity contribution in [2.45, 2.75) is 32.6 Å². The van der Waals surface area contributed by atoms with Crippen LogP contribution in [0.4, 0.5) is 0 Å². The number of fused-ring (bicyclic) bond motifs is 2. The third kappa shape index (κ3) is 1.90. The minimum atomic E-state index is 0.318. The van der Waals surface area contributed by atoms with E-state index < -0.39 is 0 Å². The van der Waals surface area contributed by atoms with Crippen molar-refractivity contribution in [1.82, 2.24) is 0 Å². The van der Waals surface area contributed by atoms with Gasteiger partial charge in [-0.15, -0.1) is 0 Å². The van der Waals surface area contributed by atoms with Gasteiger partial charge in [0.2, 0.25) is 0 Å². The van der Waals surface area contributed by atoms with E-state index >= 15 is 0 Å². The van der Waals surface area contributed by atoms with Crippen molar-refractivity contribution < 1.29 is 4.79 Å². The lowest BCUT2D eigenvalue weighted by molar-refractivity contribution is -0.119. The summed E-state index contributed by atoms with van der Waals surface area (Å²) in [5, 5.41) is 0. The molecule has 0 aromatic rings. The summed E-state index contributed by atoms with van der Waals surface area (Å²) >= 11 is 0. The fourth-order valence-corrected chi connectivity index (χ4v) is 2.34. The van der Waals surface area contributed by atoms with Crippen LogP contribution < -0.4 is 0 Å². The lowest BCUT2D eigenvalue weighted by Gasteiger charge is -2.26. The largest absolute Gasteiger partial charge is 0.295 e. The van der Waals surface area contributed by atoms with Gasteiger partial charge in [0.15, 0.2) is 5.78 Å². The van der Waals surface area contributed by atoms with E-state index in [0.717, 1.165) is 18.4 Å². The van der Waals surface area contributed by atoms with Crippen LogP contribution in [0, 0.1) is 11.8 Å². The van der Waals surface area contributed by atoms with Crippen molar-refractivity contribution in [3.8, 4) is 0 Å². The summed E-state index contributed by atoms with van der Waals surface area (Å²) in [6.07, 6.45) is 10.9. The second kappa shape index (κ2) is 3.49. The highest BCUT2D eigenvalue weighted by molar-refractivity contribution is 5.92. The molecule has 0 radical (unpaired) electrons. The predicted octanol–water partition coefficient (Wildman–Crippen LogP) is 2.88. The maximum atomic E-state index is 11.7. The second-order valence-electron chi connectivity index (χ2n) is 4.27. The first-order chi connectivity index (χ1) is 6.25. The molecule has 0 aliphatic heterocycles. The van der Waals surface area contributed by atoms with Crippen LogP contribution in [0.25, 0.3) is 0 Å². The van der Waals surface area contributed by atoms with Gasteiger partial charge in [-0.3, -0.25) is 4.79 Å². The van der Waals surface area contributed by atoms with Gasteiger partial charge in [0, 0.05) is 5.92 Å². The number of allylic oxidation sites excluding steroid dienone is 4. The molecule has 1 heteroatoms. The third-order valence-corrected chi connectivity index (χ3v) is 3.12. The van der Waals surface area contributed by atoms with Gasteiger partial charge in [-0.2, -0.15) is 0 Å². The summed E-state index contributed by atoms with van der Waals surface area (Å²) in [4.78, 5) is 11.7. The van der Waals surface area contributed by atoms with Gasteiger partial charge in [-0.1, -0.05) is 18.6 Å². The molecule has 2 aliphatic carbocycles. The Labute approximate surface area is 79.5 Å². The number of hydrogen-bond acceptors (Lipinski definition) is 1. The van der Waals surface area contributed by atoms with Gasteiger partial charge in [0.05, 0.1) is 0 Å². The Bertz CT molecular complexity index is 273. The highest BCUT2D eigenvalue weighted by Crippen LogP contribution is 2.32. The van der Waals surface area contributed by atoms with Crippen LogP contribution in [-0.2, 0) is 4.79 Å². The van der Waals surface area contributed by atoms with E-state index in [9.17, 15) is 4.79 Å². The number of ketones is 1. The molecule has 2 rings (SSSR count). The van der Waals surface area contributed by atoms with Crippen molar-refractivity contribution in [3.05, 3.63) is 23.8 Å². The normalized spacial score (nSPS) is 40.1. The molecule has 0 saturated heterocycles. The van der Waals surface area contributed by atoms with Crippen LogP contribution in [0.5, 0.6) is 0 Å². The van der Waals surface area contributed by atoms with Crippen LogP contribution in [0.1, 0.15) is 32.6 Å². The van der Waals surface area contributed by atoms with Crippen LogP contribution in [0.3, 0.4) is 0 Å². The number of hydrogen-bond donors (Lipinski definition) is 0. The topological polar surface area (TPSA) is 17.1 Å². The van der Waals surface area contributed by atoms with E-state index in [2.05, 4.69) is 12.2 Å². The van der Waals surface area contributed by atoms with Gasteiger partial charge in [0.1, 0.15) is 0 Å². The number of carbonyl (C=O) groups excluding carboxylic acids is 1. The lowest BCUT2D eigenvalue weighted by atomic mass is 9.77. The van der Waals surface area contributed by atoms with Crippen LogP contribution in [-0.4, -0.2) is 5.78 Å². The van der Waals surface area contributed by atoms with Crippen molar-refractivity contribution in [3.63, 3.8) is 0 Å². The minimum absolute atomic E-state index is 0.318. The molecule has 0 amide bonds. The van der Waals surface area contributed by atoms with Crippen molar-refractivity contribution in [2.24, 2.45) is 11.8 Å². The van der Waals surface area contributed by atoms with E-state index in [1.54, 1.807) is 0 Å². The highest BCUT2D eigenvalue weighted by atomic mass is 16.1. The quantitative estimate of drug-likeness (QED) is 0.554. The summed E-state index contributed by atoms with van der Waals surface area (Å²) in [5.74, 6) is 1.33. The van der Waals surface area contributed by atoms with Gasteiger partial charge in [-0.05, 0) is 43.8 Å². The molecule has 2 aliphatic rings. The molecule has 0 heterocycles. The maximum absolute atomic E-state index is 11.7. The monoisotopic (exact) mass is 176 g/mol. The summed E-state index contributed by atoms with van der Waals surface area (Å²) in [5.41, 5.74) is 1.11. The Kier molecular flexibility index (Phi) is 2.34. The summed E-state index contributed by atoms with van der Waals surface area (Å²) in [7, 11) is 0. The zero-order valence-electron chi connectivity index (χ0n) is 8.12. The molecule has 1 fully saturated rings. The van der Waals surface area contributed by atoms with Gasteiger partial charge >= 0.3 is 0 Å². The molecule has 0 N–H and O–H groups in total. The van der Waals surface area contributed by atoms with E-state index in [0.29, 0.717) is 17.6 Å². The summed E-state index contributed by atoms with van der Waals surface area (Å²) in [6, 6.07) is 0. The first kappa shape index (κ1) is 8.74. The molecule has 1 nitrogen and oxygen atoms in total. The third-order valence-electron chi connectivity index (χ3n) is 3.12. The van der Waals surface area contributed by atoms with Gasteiger partial charge < -0.3 is 0 Å². The molecule has 2 atom stereocenters. The zero-order valence-corrected chi connectivity index (χ0v) is 8.12. The van der Waals surface area contributed by atoms with Crippen molar-refractivity contribution in [1.29, 1.82) is 0 Å². The first-order valence-electron chi connectivity index (χ1n) is 5.16. The van der Waals surface area contributed by atoms with Gasteiger partial charge in [0.25, 0.3) is 0 Å². The molecule has 13 heavy (non-hydrogen) atoms. The van der Waals surface area contributed by atoms with Crippen LogP contribution >= 0.6 is 0 Å². The molecular weight excluding hydrogens is 160 g/mol. The van der Waals surface area contributed by atoms with E-state index in [4.69, 9.17) is 0 Å². The molecule has 0 spiro atoms. The van der Waals surface area contributed by atoms with E-state index in [-0.39, 0.29) is 0 Å². The summed E-state index contributed by atoms with van der Waals surface area (Å²) in [6.45, 7) is 2.01. The Morgan fingerprint density at radius 1 is 1.38 bits per heavy atom. The van der Waals surface area contributed by atoms with Gasteiger partial charge in [-0.25, -0.2) is 0 Å². The second-order valence-corrected chi connectivity index (χ2v) is 4.27. The minimum Gasteiger partial charge on any atom is -0.295 e. The molecular formula is C12H16O. The van der Waals surface area contributed by atoms with Crippen LogP contribution in [0.15, 0.2) is 23.8 Å². The average molecular weight is 176 g/mol. The standard InChI is InChI=1S/C12H16O/c1-9-5-6-10-3-2-4-11(8-10)12(13)7-9/h5-7,10-11H,2-4,8H2,1H3/b6-5-,9-7-. The number of rotatable bonds is 0. The Morgan fingerprint density at radius 2 is 2.23 bits per heavy atom. The van der Waals surface area contributed by atoms with Crippen LogP contribution in [0.2, 0.25) is 0 Å². The maximum Gasteiger partial charge on any atom is 0.159 e. The van der Waals surface area contributed by atoms with Crippen molar-refractivity contribution in [2.75, 3.05) is 0 Å². The molecule has 0 aromatic carbocycles. The fourth-order valence-electron chi connectivity index (χ4n) is 2.34. The lowest BCUT2D eigenvalue weighted by Crippen LogP contribution is -2.21. The Morgan fingerprint density at radius 3 is 3.08 bits per heavy atom. The average Bonchev–Trinajstić information content (AvgIpc) is 2.14. The molecule has 0 aromatic heterocycles. The highest BCUT2D eigenvalue weighted by Gasteiger charge is 2.25.